The number of nitriles is 1. The molecular weight excluding hydrogens is 180 g/mol. The summed E-state index contributed by atoms with van der Waals surface area (Å²) >= 11 is 0. The first-order chi connectivity index (χ1) is 6.77. The third kappa shape index (κ3) is 3.26. The summed E-state index contributed by atoms with van der Waals surface area (Å²) in [7, 11) is 1.57. The third-order valence-corrected chi connectivity index (χ3v) is 2.66. The van der Waals surface area contributed by atoms with Crippen molar-refractivity contribution in [2.45, 2.75) is 31.4 Å². The van der Waals surface area contributed by atoms with E-state index < -0.39 is 6.10 Å². The van der Waals surface area contributed by atoms with Crippen LogP contribution in [0.15, 0.2) is 0 Å². The van der Waals surface area contributed by atoms with Crippen LogP contribution in [-0.4, -0.2) is 37.5 Å². The van der Waals surface area contributed by atoms with Crippen molar-refractivity contribution in [1.82, 2.24) is 5.32 Å². The summed E-state index contributed by atoms with van der Waals surface area (Å²) in [5.41, 5.74) is 0. The number of aliphatic hydroxyl groups excluding tert-OH is 1. The van der Waals surface area contributed by atoms with E-state index in [2.05, 4.69) is 11.4 Å². The number of aliphatic hydroxyl groups is 1. The van der Waals surface area contributed by atoms with Crippen molar-refractivity contribution in [3.8, 4) is 6.07 Å². The third-order valence-electron chi connectivity index (χ3n) is 2.66. The quantitative estimate of drug-likeness (QED) is 0.665. The highest BCUT2D eigenvalue weighted by Gasteiger charge is 2.26. The first kappa shape index (κ1) is 11.4. The van der Waals surface area contributed by atoms with Crippen LogP contribution in [0.25, 0.3) is 0 Å². The van der Waals surface area contributed by atoms with Gasteiger partial charge >= 0.3 is 0 Å². The van der Waals surface area contributed by atoms with Gasteiger partial charge in [-0.25, -0.2) is 0 Å². The van der Waals surface area contributed by atoms with Gasteiger partial charge in [0.2, 0.25) is 0 Å². The summed E-state index contributed by atoms with van der Waals surface area (Å²) < 4.78 is 4.82. The van der Waals surface area contributed by atoms with E-state index in [-0.39, 0.29) is 12.0 Å². The van der Waals surface area contributed by atoms with Crippen LogP contribution in [0.4, 0.5) is 0 Å². The van der Waals surface area contributed by atoms with E-state index in [0.717, 1.165) is 19.3 Å². The van der Waals surface area contributed by atoms with Crippen LogP contribution in [0.2, 0.25) is 0 Å². The predicted molar refractivity (Wildman–Crippen MR) is 52.6 cm³/mol. The van der Waals surface area contributed by atoms with Gasteiger partial charge in [0.25, 0.3) is 0 Å². The van der Waals surface area contributed by atoms with Gasteiger partial charge in [0.05, 0.1) is 24.7 Å². The van der Waals surface area contributed by atoms with Gasteiger partial charge in [-0.2, -0.15) is 5.26 Å². The molecule has 2 N–H and O–H groups in total. The lowest BCUT2D eigenvalue weighted by Gasteiger charge is -2.17. The molecule has 4 nitrogen and oxygen atoms in total. The first-order valence-electron chi connectivity index (χ1n) is 5.08. The highest BCUT2D eigenvalue weighted by molar-refractivity contribution is 4.96. The van der Waals surface area contributed by atoms with Crippen molar-refractivity contribution >= 4 is 0 Å². The number of hydrogen-bond donors (Lipinski definition) is 2. The second-order valence-corrected chi connectivity index (χ2v) is 3.79. The molecule has 0 heterocycles. The molecular formula is C10H18N2O2. The summed E-state index contributed by atoms with van der Waals surface area (Å²) in [6.07, 6.45) is 2.66. The Balaban J connectivity index is 2.20. The Morgan fingerprint density at radius 1 is 1.64 bits per heavy atom. The average Bonchev–Trinajstić information content (AvgIpc) is 2.62. The molecule has 3 unspecified atom stereocenters. The number of ether oxygens (including phenoxy) is 1. The Bertz CT molecular complexity index is 203. The molecule has 0 bridgehead atoms. The van der Waals surface area contributed by atoms with E-state index >= 15 is 0 Å². The number of nitrogens with zero attached hydrogens (tertiary/aromatic N) is 1. The molecule has 0 aromatic carbocycles. The fourth-order valence-corrected chi connectivity index (χ4v) is 1.90. The molecule has 0 spiro atoms. The molecule has 1 aliphatic rings. The summed E-state index contributed by atoms with van der Waals surface area (Å²) in [6, 6.07) is 2.55. The average molecular weight is 198 g/mol. The van der Waals surface area contributed by atoms with E-state index in [1.165, 1.54) is 0 Å². The minimum Gasteiger partial charge on any atom is -0.389 e. The second kappa shape index (κ2) is 5.97. The van der Waals surface area contributed by atoms with Crippen molar-refractivity contribution in [2.24, 2.45) is 5.92 Å². The monoisotopic (exact) mass is 198 g/mol. The van der Waals surface area contributed by atoms with Crippen LogP contribution in [0.5, 0.6) is 0 Å². The minimum atomic E-state index is -0.472. The molecule has 3 atom stereocenters. The van der Waals surface area contributed by atoms with Gasteiger partial charge in [0.1, 0.15) is 0 Å². The Morgan fingerprint density at radius 3 is 3.07 bits per heavy atom. The van der Waals surface area contributed by atoms with E-state index in [1.54, 1.807) is 7.11 Å². The zero-order chi connectivity index (χ0) is 10.4. The smallest absolute Gasteiger partial charge is 0.0897 e. The number of methoxy groups -OCH3 is 1. The topological polar surface area (TPSA) is 65.3 Å². The Morgan fingerprint density at radius 2 is 2.43 bits per heavy atom. The number of hydrogen-bond acceptors (Lipinski definition) is 4. The summed E-state index contributed by atoms with van der Waals surface area (Å²) in [5, 5.41) is 21.4. The van der Waals surface area contributed by atoms with E-state index in [1.807, 2.05) is 0 Å². The van der Waals surface area contributed by atoms with Crippen LogP contribution in [0.3, 0.4) is 0 Å². The van der Waals surface area contributed by atoms with Gasteiger partial charge in [-0.3, -0.25) is 0 Å². The molecule has 14 heavy (non-hydrogen) atoms. The molecule has 0 saturated heterocycles. The number of nitrogens with one attached hydrogen (secondary N) is 1. The van der Waals surface area contributed by atoms with Crippen LogP contribution in [0, 0.1) is 17.2 Å². The lowest BCUT2D eigenvalue weighted by molar-refractivity contribution is 0.0623. The van der Waals surface area contributed by atoms with Crippen molar-refractivity contribution < 1.29 is 9.84 Å². The zero-order valence-electron chi connectivity index (χ0n) is 8.57. The van der Waals surface area contributed by atoms with Gasteiger partial charge in [0.15, 0.2) is 0 Å². The van der Waals surface area contributed by atoms with Crippen molar-refractivity contribution in [1.29, 1.82) is 5.26 Å². The van der Waals surface area contributed by atoms with Crippen molar-refractivity contribution in [3.05, 3.63) is 0 Å². The van der Waals surface area contributed by atoms with Crippen LogP contribution < -0.4 is 5.32 Å². The molecule has 0 amide bonds. The predicted octanol–water partition coefficient (Wildman–Crippen LogP) is 0.276. The normalized spacial score (nSPS) is 28.6. The minimum absolute atomic E-state index is 0.116. The van der Waals surface area contributed by atoms with Gasteiger partial charge in [-0.15, -0.1) is 0 Å². The second-order valence-electron chi connectivity index (χ2n) is 3.79. The fraction of sp³-hybridized carbons (Fsp3) is 0.900. The lowest BCUT2D eigenvalue weighted by atomic mass is 10.1. The van der Waals surface area contributed by atoms with Crippen molar-refractivity contribution in [2.75, 3.05) is 20.3 Å². The fourth-order valence-electron chi connectivity index (χ4n) is 1.90. The summed E-state index contributed by atoms with van der Waals surface area (Å²) in [4.78, 5) is 0. The Labute approximate surface area is 84.9 Å². The van der Waals surface area contributed by atoms with Crippen molar-refractivity contribution in [3.63, 3.8) is 0 Å². The molecule has 1 fully saturated rings. The summed E-state index contributed by atoms with van der Waals surface area (Å²) in [5.74, 6) is 0.116. The molecule has 0 aliphatic heterocycles. The lowest BCUT2D eigenvalue weighted by Crippen LogP contribution is -2.38. The number of rotatable bonds is 5. The maximum Gasteiger partial charge on any atom is 0.0897 e. The molecule has 1 aliphatic carbocycles. The van der Waals surface area contributed by atoms with Gasteiger partial charge in [-0.05, 0) is 12.8 Å². The molecule has 80 valence electrons. The molecule has 1 rings (SSSR count). The molecule has 0 aromatic rings. The van der Waals surface area contributed by atoms with Gasteiger partial charge < -0.3 is 15.2 Å². The van der Waals surface area contributed by atoms with E-state index in [0.29, 0.717) is 13.2 Å². The largest absolute Gasteiger partial charge is 0.389 e. The van der Waals surface area contributed by atoms with E-state index in [4.69, 9.17) is 10.00 Å². The zero-order valence-corrected chi connectivity index (χ0v) is 8.57. The molecule has 0 aromatic heterocycles. The molecule has 4 heteroatoms. The van der Waals surface area contributed by atoms with Crippen LogP contribution in [-0.2, 0) is 4.74 Å². The van der Waals surface area contributed by atoms with Gasteiger partial charge in [-0.1, -0.05) is 6.42 Å². The molecule has 0 radical (unpaired) electrons. The van der Waals surface area contributed by atoms with E-state index in [9.17, 15) is 5.11 Å². The summed E-state index contributed by atoms with van der Waals surface area (Å²) in [6.45, 7) is 0.855. The maximum absolute atomic E-state index is 9.40. The Kier molecular flexibility index (Phi) is 4.88. The maximum atomic E-state index is 9.40. The van der Waals surface area contributed by atoms with Crippen LogP contribution in [0.1, 0.15) is 19.3 Å². The Hall–Kier alpha value is -0.630. The standard InChI is InChI=1S/C10H18N2O2/c1-14-7-9(13)6-12-10-4-2-3-8(10)5-11/h8-10,12-13H,2-4,6-7H2,1H3. The highest BCUT2D eigenvalue weighted by atomic mass is 16.5. The molecule has 1 saturated carbocycles. The first-order valence-corrected chi connectivity index (χ1v) is 5.08. The highest BCUT2D eigenvalue weighted by Crippen LogP contribution is 2.24. The van der Waals surface area contributed by atoms with Crippen LogP contribution >= 0.6 is 0 Å². The SMILES string of the molecule is COCC(O)CNC1CCCC1C#N. The van der Waals surface area contributed by atoms with Gasteiger partial charge in [0, 0.05) is 19.7 Å².